The SMILES string of the molecule is CCOC(=O)C1CCCCC1NC(=O)c1cc2c(n(CC3CCCCC3)c1=O)CCCC2. The van der Waals surface area contributed by atoms with Crippen molar-refractivity contribution in [2.75, 3.05) is 6.61 Å². The van der Waals surface area contributed by atoms with Gasteiger partial charge in [-0.15, -0.1) is 0 Å². The van der Waals surface area contributed by atoms with Gasteiger partial charge >= 0.3 is 5.97 Å². The van der Waals surface area contributed by atoms with Gasteiger partial charge in [-0.1, -0.05) is 32.1 Å². The molecule has 3 aliphatic rings. The van der Waals surface area contributed by atoms with Crippen molar-refractivity contribution in [3.63, 3.8) is 0 Å². The van der Waals surface area contributed by atoms with E-state index in [4.69, 9.17) is 4.74 Å². The second-order valence-corrected chi connectivity index (χ2v) is 9.88. The Labute approximate surface area is 191 Å². The van der Waals surface area contributed by atoms with E-state index in [1.54, 1.807) is 6.92 Å². The third kappa shape index (κ3) is 5.10. The third-order valence-corrected chi connectivity index (χ3v) is 7.68. The highest BCUT2D eigenvalue weighted by Gasteiger charge is 2.34. The van der Waals surface area contributed by atoms with Crippen LogP contribution < -0.4 is 10.9 Å². The highest BCUT2D eigenvalue weighted by molar-refractivity contribution is 5.94. The summed E-state index contributed by atoms with van der Waals surface area (Å²) in [4.78, 5) is 39.3. The van der Waals surface area contributed by atoms with Crippen LogP contribution in [0.2, 0.25) is 0 Å². The van der Waals surface area contributed by atoms with Gasteiger partial charge in [0.25, 0.3) is 11.5 Å². The number of fused-ring (bicyclic) bond motifs is 1. The molecule has 1 aromatic heterocycles. The molecule has 3 aliphatic carbocycles. The number of ether oxygens (including phenoxy) is 1. The van der Waals surface area contributed by atoms with E-state index < -0.39 is 0 Å². The molecular weight excluding hydrogens is 404 g/mol. The van der Waals surface area contributed by atoms with Crippen LogP contribution in [-0.2, 0) is 28.9 Å². The first-order valence-corrected chi connectivity index (χ1v) is 12.8. The minimum absolute atomic E-state index is 0.155. The molecule has 1 aromatic rings. The van der Waals surface area contributed by atoms with Gasteiger partial charge in [0.15, 0.2) is 0 Å². The van der Waals surface area contributed by atoms with Gasteiger partial charge in [-0.3, -0.25) is 14.4 Å². The monoisotopic (exact) mass is 442 g/mol. The number of nitrogens with one attached hydrogen (secondary N) is 1. The van der Waals surface area contributed by atoms with E-state index >= 15 is 0 Å². The topological polar surface area (TPSA) is 77.4 Å². The maximum absolute atomic E-state index is 13.5. The van der Waals surface area contributed by atoms with E-state index in [0.717, 1.165) is 69.2 Å². The summed E-state index contributed by atoms with van der Waals surface area (Å²) in [5.74, 6) is -0.369. The van der Waals surface area contributed by atoms with Gasteiger partial charge in [0.2, 0.25) is 0 Å². The standard InChI is InChI=1S/C26H38N2O4/c1-2-32-26(31)20-13-7-8-14-22(20)27-24(29)21-16-19-12-6-9-15-23(19)28(25(21)30)17-18-10-4-3-5-11-18/h16,18,20,22H,2-15,17H2,1H3,(H,27,29). The molecule has 2 fully saturated rings. The summed E-state index contributed by atoms with van der Waals surface area (Å²) in [6.07, 6.45) is 13.5. The van der Waals surface area contributed by atoms with E-state index in [0.29, 0.717) is 12.5 Å². The molecule has 1 amide bonds. The summed E-state index contributed by atoms with van der Waals surface area (Å²) in [6, 6.07) is 1.57. The first-order valence-electron chi connectivity index (χ1n) is 12.8. The molecule has 1 heterocycles. The zero-order valence-corrected chi connectivity index (χ0v) is 19.5. The Kier molecular flexibility index (Phi) is 7.69. The van der Waals surface area contributed by atoms with E-state index in [1.807, 2.05) is 10.6 Å². The fraction of sp³-hybridized carbons (Fsp3) is 0.731. The summed E-state index contributed by atoms with van der Waals surface area (Å²) in [7, 11) is 0. The van der Waals surface area contributed by atoms with E-state index in [9.17, 15) is 14.4 Å². The zero-order chi connectivity index (χ0) is 22.5. The van der Waals surface area contributed by atoms with Crippen LogP contribution >= 0.6 is 0 Å². The lowest BCUT2D eigenvalue weighted by atomic mass is 9.84. The van der Waals surface area contributed by atoms with Gasteiger partial charge in [-0.25, -0.2) is 0 Å². The van der Waals surface area contributed by atoms with Crippen LogP contribution in [0, 0.1) is 11.8 Å². The minimum Gasteiger partial charge on any atom is -0.466 e. The molecule has 0 aliphatic heterocycles. The van der Waals surface area contributed by atoms with E-state index in [2.05, 4.69) is 5.32 Å². The Morgan fingerprint density at radius 2 is 1.72 bits per heavy atom. The maximum atomic E-state index is 13.5. The van der Waals surface area contributed by atoms with Crippen molar-refractivity contribution in [3.8, 4) is 0 Å². The molecule has 0 spiro atoms. The van der Waals surface area contributed by atoms with Gasteiger partial charge in [-0.05, 0) is 75.8 Å². The average molecular weight is 443 g/mol. The molecule has 2 saturated carbocycles. The highest BCUT2D eigenvalue weighted by Crippen LogP contribution is 2.28. The molecule has 4 rings (SSSR count). The van der Waals surface area contributed by atoms with Gasteiger partial charge in [0.05, 0.1) is 12.5 Å². The number of hydrogen-bond acceptors (Lipinski definition) is 4. The van der Waals surface area contributed by atoms with Crippen LogP contribution in [0.25, 0.3) is 0 Å². The van der Waals surface area contributed by atoms with Crippen molar-refractivity contribution in [1.29, 1.82) is 0 Å². The van der Waals surface area contributed by atoms with Crippen molar-refractivity contribution in [3.05, 3.63) is 33.2 Å². The lowest BCUT2D eigenvalue weighted by Gasteiger charge is -2.31. The molecule has 0 radical (unpaired) electrons. The lowest BCUT2D eigenvalue weighted by Crippen LogP contribution is -2.47. The van der Waals surface area contributed by atoms with Gasteiger partial charge in [-0.2, -0.15) is 0 Å². The lowest BCUT2D eigenvalue weighted by molar-refractivity contribution is -0.150. The summed E-state index contributed by atoms with van der Waals surface area (Å²) in [6.45, 7) is 2.88. The van der Waals surface area contributed by atoms with E-state index in [1.165, 1.54) is 32.1 Å². The summed E-state index contributed by atoms with van der Waals surface area (Å²) in [5, 5.41) is 3.05. The second kappa shape index (κ2) is 10.7. The number of rotatable bonds is 6. The molecule has 1 N–H and O–H groups in total. The molecule has 0 saturated heterocycles. The Balaban J connectivity index is 1.59. The van der Waals surface area contributed by atoms with Crippen molar-refractivity contribution in [1.82, 2.24) is 9.88 Å². The molecule has 6 nitrogen and oxygen atoms in total. The minimum atomic E-state index is -0.332. The van der Waals surface area contributed by atoms with E-state index in [-0.39, 0.29) is 35.0 Å². The molecule has 0 aromatic carbocycles. The number of pyridine rings is 1. The first-order chi connectivity index (χ1) is 15.6. The quantitative estimate of drug-likeness (QED) is 0.671. The number of hydrogen-bond donors (Lipinski definition) is 1. The molecule has 176 valence electrons. The fourth-order valence-electron chi connectivity index (χ4n) is 5.95. The van der Waals surface area contributed by atoms with Crippen LogP contribution in [0.15, 0.2) is 10.9 Å². The highest BCUT2D eigenvalue weighted by atomic mass is 16.5. The molecule has 32 heavy (non-hydrogen) atoms. The summed E-state index contributed by atoms with van der Waals surface area (Å²) in [5.41, 5.74) is 2.39. The zero-order valence-electron chi connectivity index (χ0n) is 19.5. The van der Waals surface area contributed by atoms with Crippen molar-refractivity contribution >= 4 is 11.9 Å². The molecular formula is C26H38N2O4. The Hall–Kier alpha value is -2.11. The van der Waals surface area contributed by atoms with Crippen LogP contribution in [0.5, 0.6) is 0 Å². The van der Waals surface area contributed by atoms with Crippen molar-refractivity contribution in [2.24, 2.45) is 11.8 Å². The average Bonchev–Trinajstić information content (AvgIpc) is 2.82. The number of carbonyl (C=O) groups excluding carboxylic acids is 2. The molecule has 0 bridgehead atoms. The Morgan fingerprint density at radius 1 is 1.00 bits per heavy atom. The fourth-order valence-corrected chi connectivity index (χ4v) is 5.95. The normalized spacial score (nSPS) is 23.9. The number of carbonyl (C=O) groups is 2. The van der Waals surface area contributed by atoms with Crippen molar-refractivity contribution < 1.29 is 14.3 Å². The first kappa shape index (κ1) is 23.1. The predicted octanol–water partition coefficient (Wildman–Crippen LogP) is 4.16. The van der Waals surface area contributed by atoms with Gasteiger partial charge in [0, 0.05) is 18.3 Å². The number of aromatic nitrogens is 1. The Bertz CT molecular complexity index is 885. The van der Waals surface area contributed by atoms with Crippen LogP contribution in [0.3, 0.4) is 0 Å². The number of aryl methyl sites for hydroxylation is 1. The molecule has 2 atom stereocenters. The van der Waals surface area contributed by atoms with Crippen LogP contribution in [0.1, 0.15) is 99.2 Å². The van der Waals surface area contributed by atoms with Crippen LogP contribution in [0.4, 0.5) is 0 Å². The number of nitrogens with zero attached hydrogens (tertiary/aromatic N) is 1. The molecule has 6 heteroatoms. The smallest absolute Gasteiger partial charge is 0.311 e. The summed E-state index contributed by atoms with van der Waals surface area (Å²) >= 11 is 0. The van der Waals surface area contributed by atoms with Gasteiger partial charge < -0.3 is 14.6 Å². The van der Waals surface area contributed by atoms with Crippen LogP contribution in [-0.4, -0.2) is 29.1 Å². The largest absolute Gasteiger partial charge is 0.466 e. The Morgan fingerprint density at radius 3 is 2.50 bits per heavy atom. The number of amides is 1. The number of esters is 1. The summed E-state index contributed by atoms with van der Waals surface area (Å²) < 4.78 is 7.18. The third-order valence-electron chi connectivity index (χ3n) is 7.68. The predicted molar refractivity (Wildman–Crippen MR) is 124 cm³/mol. The second-order valence-electron chi connectivity index (χ2n) is 9.88. The maximum Gasteiger partial charge on any atom is 0.311 e. The molecule has 2 unspecified atom stereocenters. The van der Waals surface area contributed by atoms with Crippen molar-refractivity contribution in [2.45, 2.75) is 103 Å². The van der Waals surface area contributed by atoms with Gasteiger partial charge in [0.1, 0.15) is 5.56 Å².